The Bertz CT molecular complexity index is 1280. The molecule has 0 radical (unpaired) electrons. The van der Waals surface area contributed by atoms with Crippen LogP contribution in [0.1, 0.15) is 76.1 Å². The van der Waals surface area contributed by atoms with Gasteiger partial charge in [-0.1, -0.05) is 107 Å². The number of benzene rings is 3. The molecule has 180 valence electrons. The molecule has 1 nitrogen and oxygen atoms in total. The lowest BCUT2D eigenvalue weighted by Crippen LogP contribution is -2.35. The molecule has 0 atom stereocenters. The van der Waals surface area contributed by atoms with E-state index < -0.39 is 0 Å². The summed E-state index contributed by atoms with van der Waals surface area (Å²) in [5.74, 6) is 0. The first-order valence-corrected chi connectivity index (χ1v) is 13.9. The molecule has 1 aliphatic carbocycles. The molecule has 0 amide bonds. The fraction of sp³-hybridized carbons (Fsp3) is 0.364. The van der Waals surface area contributed by atoms with Gasteiger partial charge in [0.25, 0.3) is 0 Å². The van der Waals surface area contributed by atoms with Gasteiger partial charge < -0.3 is 0 Å². The SMILES string of the molecule is CC(C)(C)c1cccc(-c2cccc(-c3cccc(C(C)(C)C)c3)c2-[n+]2csc3c2CCCC3)c1. The quantitative estimate of drug-likeness (QED) is 0.258. The zero-order valence-corrected chi connectivity index (χ0v) is 22.9. The maximum Gasteiger partial charge on any atom is 0.231 e. The summed E-state index contributed by atoms with van der Waals surface area (Å²) in [4.78, 5) is 1.56. The molecule has 35 heavy (non-hydrogen) atoms. The Labute approximate surface area is 215 Å². The third-order valence-corrected chi connectivity index (χ3v) is 8.38. The second-order valence-electron chi connectivity index (χ2n) is 12.0. The van der Waals surface area contributed by atoms with E-state index in [0.29, 0.717) is 0 Å². The Hall–Kier alpha value is -2.71. The number of para-hydroxylation sites is 1. The van der Waals surface area contributed by atoms with Gasteiger partial charge in [0.05, 0.1) is 16.0 Å². The van der Waals surface area contributed by atoms with Crippen LogP contribution < -0.4 is 4.57 Å². The Morgan fingerprint density at radius 3 is 1.71 bits per heavy atom. The lowest BCUT2D eigenvalue weighted by molar-refractivity contribution is -0.598. The zero-order chi connectivity index (χ0) is 24.8. The highest BCUT2D eigenvalue weighted by Gasteiger charge is 2.30. The van der Waals surface area contributed by atoms with Crippen molar-refractivity contribution < 1.29 is 4.57 Å². The summed E-state index contributed by atoms with van der Waals surface area (Å²) in [6, 6.07) is 25.2. The number of aryl methyl sites for hydroxylation is 1. The second kappa shape index (κ2) is 9.06. The Balaban J connectivity index is 1.78. The van der Waals surface area contributed by atoms with E-state index in [4.69, 9.17) is 0 Å². The van der Waals surface area contributed by atoms with Gasteiger partial charge in [-0.3, -0.25) is 0 Å². The number of aromatic nitrogens is 1. The first-order chi connectivity index (χ1) is 16.6. The fourth-order valence-electron chi connectivity index (χ4n) is 5.19. The van der Waals surface area contributed by atoms with E-state index >= 15 is 0 Å². The van der Waals surface area contributed by atoms with E-state index in [2.05, 4.69) is 118 Å². The molecule has 0 unspecified atom stereocenters. The smallest absolute Gasteiger partial charge is 0.153 e. The molecular formula is C33H38NS+. The molecule has 4 aromatic rings. The van der Waals surface area contributed by atoms with Crippen LogP contribution in [0.4, 0.5) is 0 Å². The van der Waals surface area contributed by atoms with Gasteiger partial charge in [0.1, 0.15) is 0 Å². The van der Waals surface area contributed by atoms with Crippen LogP contribution in [0.25, 0.3) is 27.9 Å². The normalized spacial score (nSPS) is 14.1. The highest BCUT2D eigenvalue weighted by molar-refractivity contribution is 7.09. The average molecular weight is 481 g/mol. The first-order valence-electron chi connectivity index (χ1n) is 13.0. The lowest BCUT2D eigenvalue weighted by atomic mass is 9.84. The van der Waals surface area contributed by atoms with E-state index in [1.54, 1.807) is 4.88 Å². The molecule has 1 aliphatic rings. The Morgan fingerprint density at radius 2 is 1.17 bits per heavy atom. The van der Waals surface area contributed by atoms with Crippen molar-refractivity contribution in [3.63, 3.8) is 0 Å². The fourth-order valence-corrected chi connectivity index (χ4v) is 6.25. The molecule has 1 aromatic heterocycles. The van der Waals surface area contributed by atoms with Gasteiger partial charge in [-0.05, 0) is 64.5 Å². The van der Waals surface area contributed by atoms with Gasteiger partial charge >= 0.3 is 0 Å². The highest BCUT2D eigenvalue weighted by atomic mass is 32.1. The van der Waals surface area contributed by atoms with Crippen LogP contribution in [0.15, 0.2) is 72.2 Å². The lowest BCUT2D eigenvalue weighted by Gasteiger charge is -2.21. The number of thiazole rings is 1. The molecule has 0 saturated heterocycles. The van der Waals surface area contributed by atoms with Crippen LogP contribution in [0.5, 0.6) is 0 Å². The summed E-state index contributed by atoms with van der Waals surface area (Å²) < 4.78 is 2.53. The van der Waals surface area contributed by atoms with Gasteiger partial charge in [-0.15, -0.1) is 0 Å². The number of rotatable bonds is 3. The van der Waals surface area contributed by atoms with Crippen LogP contribution in [-0.2, 0) is 23.7 Å². The van der Waals surface area contributed by atoms with Crippen LogP contribution in [0.3, 0.4) is 0 Å². The number of hydrogen-bond acceptors (Lipinski definition) is 1. The van der Waals surface area contributed by atoms with Gasteiger partial charge in [0.2, 0.25) is 16.9 Å². The van der Waals surface area contributed by atoms with Crippen molar-refractivity contribution in [3.05, 3.63) is 93.9 Å². The predicted octanol–water partition coefficient (Wildman–Crippen LogP) is 8.83. The van der Waals surface area contributed by atoms with Crippen molar-refractivity contribution >= 4 is 11.3 Å². The maximum absolute atomic E-state index is 2.53. The average Bonchev–Trinajstić information content (AvgIpc) is 3.26. The predicted molar refractivity (Wildman–Crippen MR) is 151 cm³/mol. The van der Waals surface area contributed by atoms with E-state index in [9.17, 15) is 0 Å². The van der Waals surface area contributed by atoms with Crippen molar-refractivity contribution in [1.82, 2.24) is 0 Å². The minimum Gasteiger partial charge on any atom is -0.153 e. The second-order valence-corrected chi connectivity index (χ2v) is 13.0. The van der Waals surface area contributed by atoms with Gasteiger partial charge in [-0.2, -0.15) is 4.57 Å². The Morgan fingerprint density at radius 1 is 0.657 bits per heavy atom. The van der Waals surface area contributed by atoms with Crippen molar-refractivity contribution in [2.75, 3.05) is 0 Å². The number of fused-ring (bicyclic) bond motifs is 1. The summed E-state index contributed by atoms with van der Waals surface area (Å²) in [5.41, 5.74) is 13.4. The molecule has 5 rings (SSSR count). The van der Waals surface area contributed by atoms with Crippen molar-refractivity contribution in [3.8, 4) is 27.9 Å². The molecule has 0 N–H and O–H groups in total. The molecule has 1 heterocycles. The maximum atomic E-state index is 2.53. The molecule has 0 saturated carbocycles. The van der Waals surface area contributed by atoms with Gasteiger partial charge in [-0.25, -0.2) is 0 Å². The molecule has 3 aromatic carbocycles. The minimum absolute atomic E-state index is 0.115. The monoisotopic (exact) mass is 480 g/mol. The van der Waals surface area contributed by atoms with Gasteiger partial charge in [0, 0.05) is 6.42 Å². The minimum atomic E-state index is 0.115. The van der Waals surface area contributed by atoms with Crippen molar-refractivity contribution in [2.45, 2.75) is 78.1 Å². The van der Waals surface area contributed by atoms with E-state index in [1.165, 1.54) is 64.0 Å². The van der Waals surface area contributed by atoms with E-state index in [0.717, 1.165) is 6.42 Å². The number of hydrogen-bond donors (Lipinski definition) is 0. The van der Waals surface area contributed by atoms with Crippen LogP contribution in [0, 0.1) is 0 Å². The highest BCUT2D eigenvalue weighted by Crippen LogP contribution is 2.37. The van der Waals surface area contributed by atoms with Crippen LogP contribution in [0.2, 0.25) is 0 Å². The van der Waals surface area contributed by atoms with Crippen molar-refractivity contribution in [2.24, 2.45) is 0 Å². The largest absolute Gasteiger partial charge is 0.231 e. The van der Waals surface area contributed by atoms with E-state index in [1.807, 2.05) is 11.3 Å². The van der Waals surface area contributed by atoms with Crippen molar-refractivity contribution in [1.29, 1.82) is 0 Å². The molecule has 0 bridgehead atoms. The molecule has 0 aliphatic heterocycles. The first kappa shape index (κ1) is 24.0. The summed E-state index contributed by atoms with van der Waals surface area (Å²) >= 11 is 1.93. The molecule has 0 fully saturated rings. The molecule has 0 spiro atoms. The molecular weight excluding hydrogens is 442 g/mol. The zero-order valence-electron chi connectivity index (χ0n) is 22.1. The third-order valence-electron chi connectivity index (χ3n) is 7.34. The summed E-state index contributed by atoms with van der Waals surface area (Å²) in [6.45, 7) is 13.8. The third kappa shape index (κ3) is 4.74. The summed E-state index contributed by atoms with van der Waals surface area (Å²) in [7, 11) is 0. The topological polar surface area (TPSA) is 3.88 Å². The van der Waals surface area contributed by atoms with Crippen LogP contribution in [-0.4, -0.2) is 0 Å². The van der Waals surface area contributed by atoms with Crippen LogP contribution >= 0.6 is 11.3 Å². The Kier molecular flexibility index (Phi) is 6.21. The van der Waals surface area contributed by atoms with E-state index in [-0.39, 0.29) is 10.8 Å². The summed E-state index contributed by atoms with van der Waals surface area (Å²) in [5, 5.41) is 0. The number of nitrogens with zero attached hydrogens (tertiary/aromatic N) is 1. The standard InChI is InChI=1S/C33H38NS/c1-32(2,3)25-14-9-12-23(20-25)27-16-11-17-28(24-13-10-15-26(21-24)33(4,5)6)31(27)34-22-35-30-19-8-7-18-29(30)34/h9-17,20-22H,7-8,18-19H2,1-6H3/q+1. The molecule has 2 heteroatoms. The summed E-state index contributed by atoms with van der Waals surface area (Å²) in [6.07, 6.45) is 4.96. The van der Waals surface area contributed by atoms with Gasteiger partial charge in [0.15, 0.2) is 0 Å².